The predicted molar refractivity (Wildman–Crippen MR) is 70.2 cm³/mol. The van der Waals surface area contributed by atoms with Crippen LogP contribution in [0.3, 0.4) is 0 Å². The first-order valence-corrected chi connectivity index (χ1v) is 6.08. The molecule has 17 heavy (non-hydrogen) atoms. The summed E-state index contributed by atoms with van der Waals surface area (Å²) in [5.41, 5.74) is 1.93. The van der Waals surface area contributed by atoms with Crippen LogP contribution in [0.25, 0.3) is 5.57 Å². The lowest BCUT2D eigenvalue weighted by atomic mass is 10.1. The maximum absolute atomic E-state index is 13.0. The normalized spacial score (nSPS) is 12.2. The summed E-state index contributed by atoms with van der Waals surface area (Å²) in [5.74, 6) is 0.390. The van der Waals surface area contributed by atoms with E-state index in [1.807, 2.05) is 6.92 Å². The van der Waals surface area contributed by atoms with Crippen molar-refractivity contribution in [3.05, 3.63) is 35.9 Å². The van der Waals surface area contributed by atoms with E-state index in [2.05, 4.69) is 30.2 Å². The molecule has 0 aromatic carbocycles. The van der Waals surface area contributed by atoms with Gasteiger partial charge in [-0.05, 0) is 49.6 Å². The molecule has 0 aliphatic carbocycles. The van der Waals surface area contributed by atoms with E-state index < -0.39 is 0 Å². The van der Waals surface area contributed by atoms with Gasteiger partial charge in [0.2, 0.25) is 0 Å². The zero-order valence-corrected chi connectivity index (χ0v) is 10.8. The Kier molecular flexibility index (Phi) is 5.84. The Morgan fingerprint density at radius 3 is 2.88 bits per heavy atom. The largest absolute Gasteiger partial charge is 0.316 e. The SMILES string of the molecule is CC(=CCCNCC(C)C)c1cncc(F)c1. The van der Waals surface area contributed by atoms with Gasteiger partial charge >= 0.3 is 0 Å². The molecule has 1 heterocycles. The van der Waals surface area contributed by atoms with Crippen LogP contribution in [-0.4, -0.2) is 18.1 Å². The van der Waals surface area contributed by atoms with Crippen LogP contribution in [0, 0.1) is 11.7 Å². The Bertz CT molecular complexity index is 372. The van der Waals surface area contributed by atoms with Gasteiger partial charge in [0.1, 0.15) is 5.82 Å². The first-order chi connectivity index (χ1) is 8.09. The summed E-state index contributed by atoms with van der Waals surface area (Å²) in [6.45, 7) is 8.35. The average molecular weight is 236 g/mol. The van der Waals surface area contributed by atoms with E-state index in [4.69, 9.17) is 0 Å². The Morgan fingerprint density at radius 1 is 1.47 bits per heavy atom. The molecule has 1 N–H and O–H groups in total. The maximum Gasteiger partial charge on any atom is 0.142 e. The Labute approximate surface area is 103 Å². The number of pyridine rings is 1. The summed E-state index contributed by atoms with van der Waals surface area (Å²) in [5, 5.41) is 3.37. The van der Waals surface area contributed by atoms with Gasteiger partial charge in [-0.3, -0.25) is 4.98 Å². The molecule has 1 aromatic heterocycles. The minimum Gasteiger partial charge on any atom is -0.316 e. The number of allylic oxidation sites excluding steroid dienone is 1. The fourth-order valence-electron chi connectivity index (χ4n) is 1.53. The van der Waals surface area contributed by atoms with E-state index in [0.29, 0.717) is 5.92 Å². The van der Waals surface area contributed by atoms with E-state index in [-0.39, 0.29) is 5.82 Å². The third-order valence-corrected chi connectivity index (χ3v) is 2.48. The summed E-state index contributed by atoms with van der Waals surface area (Å²) in [6, 6.07) is 1.51. The molecule has 94 valence electrons. The average Bonchev–Trinajstić information content (AvgIpc) is 2.28. The van der Waals surface area contributed by atoms with Crippen molar-refractivity contribution in [2.45, 2.75) is 27.2 Å². The van der Waals surface area contributed by atoms with Crippen LogP contribution < -0.4 is 5.32 Å². The molecular formula is C14H21FN2. The Hall–Kier alpha value is -1.22. The Balaban J connectivity index is 2.39. The maximum atomic E-state index is 13.0. The van der Waals surface area contributed by atoms with Gasteiger partial charge < -0.3 is 5.32 Å². The number of hydrogen-bond acceptors (Lipinski definition) is 2. The molecule has 0 saturated heterocycles. The lowest BCUT2D eigenvalue weighted by molar-refractivity contribution is 0.557. The van der Waals surface area contributed by atoms with Crippen molar-refractivity contribution in [1.29, 1.82) is 0 Å². The molecule has 2 nitrogen and oxygen atoms in total. The summed E-state index contributed by atoms with van der Waals surface area (Å²) in [4.78, 5) is 3.84. The highest BCUT2D eigenvalue weighted by Crippen LogP contribution is 2.13. The molecule has 0 atom stereocenters. The molecular weight excluding hydrogens is 215 g/mol. The monoisotopic (exact) mass is 236 g/mol. The molecule has 0 spiro atoms. The molecule has 3 heteroatoms. The highest BCUT2D eigenvalue weighted by molar-refractivity contribution is 5.62. The predicted octanol–water partition coefficient (Wildman–Crippen LogP) is 3.26. The van der Waals surface area contributed by atoms with Gasteiger partial charge in [0, 0.05) is 6.20 Å². The van der Waals surface area contributed by atoms with Crippen molar-refractivity contribution in [2.24, 2.45) is 5.92 Å². The lowest BCUT2D eigenvalue weighted by Gasteiger charge is -2.06. The van der Waals surface area contributed by atoms with Gasteiger partial charge in [-0.1, -0.05) is 19.9 Å². The van der Waals surface area contributed by atoms with Crippen LogP contribution in [0.2, 0.25) is 0 Å². The second-order valence-corrected chi connectivity index (χ2v) is 4.67. The van der Waals surface area contributed by atoms with Crippen molar-refractivity contribution in [3.8, 4) is 0 Å². The zero-order chi connectivity index (χ0) is 12.7. The molecule has 0 fully saturated rings. The second kappa shape index (κ2) is 7.17. The number of nitrogens with zero attached hydrogens (tertiary/aromatic N) is 1. The quantitative estimate of drug-likeness (QED) is 0.767. The van der Waals surface area contributed by atoms with E-state index in [1.165, 1.54) is 12.3 Å². The first kappa shape index (κ1) is 13.8. The van der Waals surface area contributed by atoms with E-state index in [9.17, 15) is 4.39 Å². The summed E-state index contributed by atoms with van der Waals surface area (Å²) in [7, 11) is 0. The summed E-state index contributed by atoms with van der Waals surface area (Å²) in [6.07, 6.45) is 5.98. The Morgan fingerprint density at radius 2 is 2.24 bits per heavy atom. The van der Waals surface area contributed by atoms with Crippen LogP contribution in [0.1, 0.15) is 32.8 Å². The topological polar surface area (TPSA) is 24.9 Å². The van der Waals surface area contributed by atoms with Gasteiger partial charge in [0.15, 0.2) is 0 Å². The number of hydrogen-bond donors (Lipinski definition) is 1. The summed E-state index contributed by atoms with van der Waals surface area (Å²) >= 11 is 0. The fraction of sp³-hybridized carbons (Fsp3) is 0.500. The van der Waals surface area contributed by atoms with E-state index >= 15 is 0 Å². The fourth-order valence-corrected chi connectivity index (χ4v) is 1.53. The molecule has 0 bridgehead atoms. The van der Waals surface area contributed by atoms with Crippen molar-refractivity contribution in [3.63, 3.8) is 0 Å². The molecule has 0 radical (unpaired) electrons. The van der Waals surface area contributed by atoms with Crippen molar-refractivity contribution in [2.75, 3.05) is 13.1 Å². The van der Waals surface area contributed by atoms with Gasteiger partial charge in [-0.2, -0.15) is 0 Å². The van der Waals surface area contributed by atoms with Crippen LogP contribution in [0.15, 0.2) is 24.5 Å². The second-order valence-electron chi connectivity index (χ2n) is 4.67. The molecule has 1 aromatic rings. The lowest BCUT2D eigenvalue weighted by Crippen LogP contribution is -2.20. The van der Waals surface area contributed by atoms with Crippen molar-refractivity contribution >= 4 is 5.57 Å². The van der Waals surface area contributed by atoms with Crippen LogP contribution >= 0.6 is 0 Å². The highest BCUT2D eigenvalue weighted by atomic mass is 19.1. The number of rotatable bonds is 6. The number of aromatic nitrogens is 1. The third-order valence-electron chi connectivity index (χ3n) is 2.48. The minimum absolute atomic E-state index is 0.284. The molecule has 0 amide bonds. The van der Waals surface area contributed by atoms with Gasteiger partial charge in [-0.25, -0.2) is 4.39 Å². The van der Waals surface area contributed by atoms with E-state index in [1.54, 1.807) is 6.20 Å². The van der Waals surface area contributed by atoms with Gasteiger partial charge in [0.05, 0.1) is 6.20 Å². The smallest absolute Gasteiger partial charge is 0.142 e. The number of halogens is 1. The third kappa shape index (κ3) is 5.59. The van der Waals surface area contributed by atoms with Crippen LogP contribution in [-0.2, 0) is 0 Å². The molecule has 0 unspecified atom stereocenters. The zero-order valence-electron chi connectivity index (χ0n) is 10.8. The first-order valence-electron chi connectivity index (χ1n) is 6.08. The van der Waals surface area contributed by atoms with Gasteiger partial charge in [0.25, 0.3) is 0 Å². The molecule has 0 saturated carbocycles. The van der Waals surface area contributed by atoms with Crippen LogP contribution in [0.5, 0.6) is 0 Å². The van der Waals surface area contributed by atoms with Crippen molar-refractivity contribution < 1.29 is 4.39 Å². The van der Waals surface area contributed by atoms with Gasteiger partial charge in [-0.15, -0.1) is 0 Å². The van der Waals surface area contributed by atoms with Crippen LogP contribution in [0.4, 0.5) is 4.39 Å². The molecule has 0 aliphatic rings. The number of nitrogens with one attached hydrogen (secondary N) is 1. The standard InChI is InChI=1S/C14H21FN2/c1-11(2)8-16-6-4-5-12(3)13-7-14(15)10-17-9-13/h5,7,9-11,16H,4,6,8H2,1-3H3. The van der Waals surface area contributed by atoms with Crippen molar-refractivity contribution in [1.82, 2.24) is 10.3 Å². The molecule has 1 rings (SSSR count). The van der Waals surface area contributed by atoms with E-state index in [0.717, 1.165) is 30.6 Å². The summed E-state index contributed by atoms with van der Waals surface area (Å²) < 4.78 is 13.0. The highest BCUT2D eigenvalue weighted by Gasteiger charge is 1.98. The minimum atomic E-state index is -0.284. The molecule has 0 aliphatic heterocycles.